The molecule has 0 saturated heterocycles. The Kier molecular flexibility index (Phi) is 6.94. The fourth-order valence-corrected chi connectivity index (χ4v) is 2.91. The molecule has 24 heavy (non-hydrogen) atoms. The molecular weight excluding hydrogens is 302 g/mol. The third-order valence-corrected chi connectivity index (χ3v) is 3.97. The molecule has 0 spiro atoms. The zero-order valence-corrected chi connectivity index (χ0v) is 14.7. The molecule has 0 aliphatic rings. The number of rotatable bonds is 9. The van der Waals surface area contributed by atoms with E-state index in [4.69, 9.17) is 19.9 Å². The summed E-state index contributed by atoms with van der Waals surface area (Å²) in [4.78, 5) is 0. The van der Waals surface area contributed by atoms with Crippen LogP contribution < -0.4 is 19.9 Å². The van der Waals surface area contributed by atoms with Crippen LogP contribution >= 0.6 is 0 Å². The fraction of sp³-hybridized carbons (Fsp3) is 0.400. The van der Waals surface area contributed by atoms with E-state index in [2.05, 4.69) is 12.1 Å². The largest absolute Gasteiger partial charge is 0.494 e. The van der Waals surface area contributed by atoms with Gasteiger partial charge in [-0.25, -0.2) is 0 Å². The van der Waals surface area contributed by atoms with E-state index >= 15 is 0 Å². The molecule has 1 atom stereocenters. The lowest BCUT2D eigenvalue weighted by Crippen LogP contribution is -2.16. The van der Waals surface area contributed by atoms with Gasteiger partial charge in [0.15, 0.2) is 11.5 Å². The van der Waals surface area contributed by atoms with Gasteiger partial charge in [0, 0.05) is 5.92 Å². The predicted molar refractivity (Wildman–Crippen MR) is 97.3 cm³/mol. The summed E-state index contributed by atoms with van der Waals surface area (Å²) < 4.78 is 17.0. The van der Waals surface area contributed by atoms with Crippen LogP contribution in [0.5, 0.6) is 17.2 Å². The number of ether oxygens (including phenoxy) is 3. The lowest BCUT2D eigenvalue weighted by atomic mass is 9.91. The molecule has 0 aliphatic carbocycles. The van der Waals surface area contributed by atoms with Gasteiger partial charge in [-0.2, -0.15) is 0 Å². The Morgan fingerprint density at radius 2 is 1.58 bits per heavy atom. The third kappa shape index (κ3) is 4.20. The van der Waals surface area contributed by atoms with Crippen molar-refractivity contribution in [3.63, 3.8) is 0 Å². The second-order valence-electron chi connectivity index (χ2n) is 5.49. The molecule has 0 fully saturated rings. The maximum absolute atomic E-state index is 6.08. The SMILES string of the molecule is CCOc1ccccc1C(CN)Cc1cccc(OCC)c1OC. The second kappa shape index (κ2) is 9.18. The minimum absolute atomic E-state index is 0.151. The molecule has 4 heteroatoms. The summed E-state index contributed by atoms with van der Waals surface area (Å²) in [6.45, 7) is 5.73. The minimum atomic E-state index is 0.151. The summed E-state index contributed by atoms with van der Waals surface area (Å²) in [5.41, 5.74) is 8.30. The van der Waals surface area contributed by atoms with Crippen molar-refractivity contribution in [3.05, 3.63) is 53.6 Å². The first-order chi connectivity index (χ1) is 11.7. The normalized spacial score (nSPS) is 11.8. The zero-order valence-electron chi connectivity index (χ0n) is 14.7. The Morgan fingerprint density at radius 1 is 0.917 bits per heavy atom. The molecule has 2 aromatic carbocycles. The van der Waals surface area contributed by atoms with Crippen molar-refractivity contribution in [2.45, 2.75) is 26.2 Å². The molecular formula is C20H27NO3. The van der Waals surface area contributed by atoms with Gasteiger partial charge < -0.3 is 19.9 Å². The van der Waals surface area contributed by atoms with E-state index in [1.54, 1.807) is 7.11 Å². The highest BCUT2D eigenvalue weighted by Crippen LogP contribution is 2.36. The summed E-state index contributed by atoms with van der Waals surface area (Å²) in [6, 6.07) is 14.1. The van der Waals surface area contributed by atoms with Crippen LogP contribution in [0.2, 0.25) is 0 Å². The van der Waals surface area contributed by atoms with Gasteiger partial charge in [0.2, 0.25) is 0 Å². The summed E-state index contributed by atoms with van der Waals surface area (Å²) in [5.74, 6) is 2.60. The smallest absolute Gasteiger partial charge is 0.163 e. The monoisotopic (exact) mass is 329 g/mol. The quantitative estimate of drug-likeness (QED) is 0.761. The van der Waals surface area contributed by atoms with E-state index in [0.29, 0.717) is 19.8 Å². The van der Waals surface area contributed by atoms with E-state index in [9.17, 15) is 0 Å². The Labute approximate surface area is 144 Å². The topological polar surface area (TPSA) is 53.7 Å². The Balaban J connectivity index is 2.33. The number of para-hydroxylation sites is 2. The molecule has 2 aromatic rings. The molecule has 0 heterocycles. The van der Waals surface area contributed by atoms with Crippen LogP contribution in [0.15, 0.2) is 42.5 Å². The zero-order chi connectivity index (χ0) is 17.4. The van der Waals surface area contributed by atoms with Crippen molar-refractivity contribution >= 4 is 0 Å². The molecule has 0 radical (unpaired) electrons. The minimum Gasteiger partial charge on any atom is -0.494 e. The van der Waals surface area contributed by atoms with Crippen molar-refractivity contribution in [3.8, 4) is 17.2 Å². The van der Waals surface area contributed by atoms with Crippen LogP contribution in [0.25, 0.3) is 0 Å². The van der Waals surface area contributed by atoms with Gasteiger partial charge in [-0.3, -0.25) is 0 Å². The van der Waals surface area contributed by atoms with E-state index in [1.807, 2.05) is 44.2 Å². The van der Waals surface area contributed by atoms with Crippen molar-refractivity contribution in [2.75, 3.05) is 26.9 Å². The highest BCUT2D eigenvalue weighted by molar-refractivity contribution is 5.48. The van der Waals surface area contributed by atoms with E-state index in [0.717, 1.165) is 34.8 Å². The second-order valence-corrected chi connectivity index (χ2v) is 5.49. The summed E-state index contributed by atoms with van der Waals surface area (Å²) in [7, 11) is 1.67. The van der Waals surface area contributed by atoms with Gasteiger partial charge in [0.1, 0.15) is 5.75 Å². The molecule has 0 amide bonds. The maximum Gasteiger partial charge on any atom is 0.163 e. The van der Waals surface area contributed by atoms with Crippen molar-refractivity contribution in [1.29, 1.82) is 0 Å². The Hall–Kier alpha value is -2.20. The molecule has 0 saturated carbocycles. The standard InChI is InChI=1S/C20H27NO3/c1-4-23-18-11-7-6-10-17(18)16(14-21)13-15-9-8-12-19(24-5-2)20(15)22-3/h6-12,16H,4-5,13-14,21H2,1-3H3. The number of benzene rings is 2. The number of hydrogen-bond donors (Lipinski definition) is 1. The van der Waals surface area contributed by atoms with E-state index in [1.165, 1.54) is 0 Å². The molecule has 0 aromatic heterocycles. The van der Waals surface area contributed by atoms with Crippen LogP contribution in [0.3, 0.4) is 0 Å². The highest BCUT2D eigenvalue weighted by atomic mass is 16.5. The summed E-state index contributed by atoms with van der Waals surface area (Å²) in [5, 5.41) is 0. The van der Waals surface area contributed by atoms with Gasteiger partial charge in [-0.05, 0) is 50.1 Å². The van der Waals surface area contributed by atoms with Crippen molar-refractivity contribution in [1.82, 2.24) is 0 Å². The molecule has 130 valence electrons. The Morgan fingerprint density at radius 3 is 2.25 bits per heavy atom. The van der Waals surface area contributed by atoms with Gasteiger partial charge in [0.25, 0.3) is 0 Å². The third-order valence-electron chi connectivity index (χ3n) is 3.97. The first-order valence-electron chi connectivity index (χ1n) is 8.45. The summed E-state index contributed by atoms with van der Waals surface area (Å²) in [6.07, 6.45) is 0.769. The van der Waals surface area contributed by atoms with Gasteiger partial charge in [0.05, 0.1) is 20.3 Å². The van der Waals surface area contributed by atoms with Crippen LogP contribution in [0.1, 0.15) is 30.9 Å². The molecule has 2 rings (SSSR count). The summed E-state index contributed by atoms with van der Waals surface area (Å²) >= 11 is 0. The molecule has 2 N–H and O–H groups in total. The first-order valence-corrected chi connectivity index (χ1v) is 8.45. The first kappa shape index (κ1) is 18.1. The van der Waals surface area contributed by atoms with Gasteiger partial charge in [-0.15, -0.1) is 0 Å². The lowest BCUT2D eigenvalue weighted by molar-refractivity contribution is 0.308. The average molecular weight is 329 g/mol. The van der Waals surface area contributed by atoms with Crippen LogP contribution in [-0.2, 0) is 6.42 Å². The average Bonchev–Trinajstić information content (AvgIpc) is 2.61. The number of hydrogen-bond acceptors (Lipinski definition) is 4. The molecule has 0 bridgehead atoms. The molecule has 4 nitrogen and oxygen atoms in total. The fourth-order valence-electron chi connectivity index (χ4n) is 2.91. The van der Waals surface area contributed by atoms with Crippen molar-refractivity contribution < 1.29 is 14.2 Å². The van der Waals surface area contributed by atoms with Crippen LogP contribution in [-0.4, -0.2) is 26.9 Å². The van der Waals surface area contributed by atoms with Gasteiger partial charge >= 0.3 is 0 Å². The number of nitrogens with two attached hydrogens (primary N) is 1. The molecule has 1 unspecified atom stereocenters. The predicted octanol–water partition coefficient (Wildman–Crippen LogP) is 3.78. The van der Waals surface area contributed by atoms with Crippen LogP contribution in [0, 0.1) is 0 Å². The Bertz CT molecular complexity index is 643. The highest BCUT2D eigenvalue weighted by Gasteiger charge is 2.19. The number of methoxy groups -OCH3 is 1. The maximum atomic E-state index is 6.08. The molecule has 0 aliphatic heterocycles. The lowest BCUT2D eigenvalue weighted by Gasteiger charge is -2.21. The van der Waals surface area contributed by atoms with E-state index in [-0.39, 0.29) is 5.92 Å². The van der Waals surface area contributed by atoms with Crippen molar-refractivity contribution in [2.24, 2.45) is 5.73 Å². The van der Waals surface area contributed by atoms with Crippen LogP contribution in [0.4, 0.5) is 0 Å². The van der Waals surface area contributed by atoms with Gasteiger partial charge in [-0.1, -0.05) is 30.3 Å². The van der Waals surface area contributed by atoms with E-state index < -0.39 is 0 Å².